The van der Waals surface area contributed by atoms with E-state index in [1.165, 1.54) is 5.56 Å². The van der Waals surface area contributed by atoms with Gasteiger partial charge in [0.05, 0.1) is 5.70 Å². The molecule has 2 aromatic carbocycles. The first-order valence-electron chi connectivity index (χ1n) is 9.93. The predicted molar refractivity (Wildman–Crippen MR) is 112 cm³/mol. The number of carbonyl (C=O) groups excluding carboxylic acids is 1. The van der Waals surface area contributed by atoms with E-state index in [0.717, 1.165) is 29.8 Å². The number of anilines is 1. The molecular formula is C23H27N3O2. The van der Waals surface area contributed by atoms with Gasteiger partial charge in [-0.05, 0) is 35.3 Å². The summed E-state index contributed by atoms with van der Waals surface area (Å²) in [6, 6.07) is 18.2. The van der Waals surface area contributed by atoms with E-state index >= 15 is 0 Å². The van der Waals surface area contributed by atoms with Gasteiger partial charge < -0.3 is 10.2 Å². The second-order valence-electron chi connectivity index (χ2n) is 7.89. The molecule has 1 saturated heterocycles. The maximum absolute atomic E-state index is 12.6. The van der Waals surface area contributed by atoms with Gasteiger partial charge in [-0.25, -0.2) is 4.79 Å². The van der Waals surface area contributed by atoms with Crippen molar-refractivity contribution in [3.63, 3.8) is 0 Å². The number of likely N-dealkylation sites (tertiary alicyclic amines) is 1. The van der Waals surface area contributed by atoms with E-state index < -0.39 is 0 Å². The molecule has 0 aromatic heterocycles. The zero-order valence-corrected chi connectivity index (χ0v) is 16.4. The molecule has 0 saturated carbocycles. The summed E-state index contributed by atoms with van der Waals surface area (Å²) < 4.78 is 0. The Labute approximate surface area is 166 Å². The zero-order valence-electron chi connectivity index (χ0n) is 16.4. The van der Waals surface area contributed by atoms with E-state index in [1.54, 1.807) is 0 Å². The number of rotatable bonds is 3. The summed E-state index contributed by atoms with van der Waals surface area (Å²) in [6.45, 7) is 5.65. The van der Waals surface area contributed by atoms with E-state index in [0.29, 0.717) is 19.0 Å². The van der Waals surface area contributed by atoms with Crippen molar-refractivity contribution in [2.24, 2.45) is 0 Å². The Morgan fingerprint density at radius 2 is 1.75 bits per heavy atom. The molecule has 0 radical (unpaired) electrons. The number of piperidine rings is 1. The van der Waals surface area contributed by atoms with Gasteiger partial charge in [-0.15, -0.1) is 0 Å². The molecule has 0 bridgehead atoms. The van der Waals surface area contributed by atoms with Crippen molar-refractivity contribution in [2.45, 2.75) is 38.2 Å². The molecule has 1 fully saturated rings. The molecule has 2 N–H and O–H groups in total. The highest BCUT2D eigenvalue weighted by atomic mass is 16.7. The third kappa shape index (κ3) is 3.90. The average Bonchev–Trinajstić information content (AvgIpc) is 3.13. The van der Waals surface area contributed by atoms with E-state index in [-0.39, 0.29) is 11.6 Å². The smallest absolute Gasteiger partial charge is 0.321 e. The van der Waals surface area contributed by atoms with Gasteiger partial charge in [0, 0.05) is 31.6 Å². The summed E-state index contributed by atoms with van der Waals surface area (Å²) in [4.78, 5) is 20.4. The molecule has 0 atom stereocenters. The SMILES string of the molecule is CC(C)c1ccc(NC(=O)N2CCC3(C=C(c4ccccc4)NO3)CC2)cc1. The van der Waals surface area contributed by atoms with Gasteiger partial charge in [-0.2, -0.15) is 0 Å². The Kier molecular flexibility index (Phi) is 5.09. The molecule has 2 aromatic rings. The number of hydrogen-bond donors (Lipinski definition) is 2. The second kappa shape index (κ2) is 7.68. The van der Waals surface area contributed by atoms with Gasteiger partial charge in [0.15, 0.2) is 0 Å². The fourth-order valence-corrected chi connectivity index (χ4v) is 3.73. The van der Waals surface area contributed by atoms with Gasteiger partial charge in [-0.3, -0.25) is 10.3 Å². The van der Waals surface area contributed by atoms with Crippen LogP contribution in [0.25, 0.3) is 5.70 Å². The molecule has 5 heteroatoms. The van der Waals surface area contributed by atoms with Crippen molar-refractivity contribution in [3.05, 3.63) is 71.8 Å². The Morgan fingerprint density at radius 1 is 1.07 bits per heavy atom. The topological polar surface area (TPSA) is 53.6 Å². The first-order chi connectivity index (χ1) is 13.5. The summed E-state index contributed by atoms with van der Waals surface area (Å²) in [5, 5.41) is 3.01. The van der Waals surface area contributed by atoms with Crippen molar-refractivity contribution in [1.29, 1.82) is 0 Å². The number of carbonyl (C=O) groups is 1. The first-order valence-corrected chi connectivity index (χ1v) is 9.93. The van der Waals surface area contributed by atoms with Gasteiger partial charge in [0.2, 0.25) is 0 Å². The van der Waals surface area contributed by atoms with E-state index in [2.05, 4.69) is 55.0 Å². The number of nitrogens with zero attached hydrogens (tertiary/aromatic N) is 1. The van der Waals surface area contributed by atoms with Crippen LogP contribution < -0.4 is 10.8 Å². The summed E-state index contributed by atoms with van der Waals surface area (Å²) in [7, 11) is 0. The zero-order chi connectivity index (χ0) is 19.6. The highest BCUT2D eigenvalue weighted by Crippen LogP contribution is 2.34. The van der Waals surface area contributed by atoms with Crippen molar-refractivity contribution in [3.8, 4) is 0 Å². The highest BCUT2D eigenvalue weighted by molar-refractivity contribution is 5.89. The lowest BCUT2D eigenvalue weighted by Gasteiger charge is -2.36. The lowest BCUT2D eigenvalue weighted by molar-refractivity contribution is -0.0634. The van der Waals surface area contributed by atoms with Gasteiger partial charge >= 0.3 is 6.03 Å². The monoisotopic (exact) mass is 377 g/mol. The molecule has 2 aliphatic heterocycles. The number of hydroxylamine groups is 1. The van der Waals surface area contributed by atoms with Crippen molar-refractivity contribution < 1.29 is 9.63 Å². The molecule has 146 valence electrons. The van der Waals surface area contributed by atoms with Gasteiger partial charge in [0.1, 0.15) is 5.60 Å². The van der Waals surface area contributed by atoms with E-state index in [4.69, 9.17) is 4.84 Å². The molecule has 4 rings (SSSR count). The minimum Gasteiger partial charge on any atom is -0.324 e. The van der Waals surface area contributed by atoms with Crippen LogP contribution in [-0.4, -0.2) is 29.6 Å². The minimum absolute atomic E-state index is 0.0506. The number of hydrogen-bond acceptors (Lipinski definition) is 3. The molecule has 2 amide bonds. The Hall–Kier alpha value is -2.79. The quantitative estimate of drug-likeness (QED) is 0.811. The fourth-order valence-electron chi connectivity index (χ4n) is 3.73. The average molecular weight is 377 g/mol. The Morgan fingerprint density at radius 3 is 2.39 bits per heavy atom. The molecule has 0 unspecified atom stereocenters. The molecule has 28 heavy (non-hydrogen) atoms. The van der Waals surface area contributed by atoms with Gasteiger partial charge in [-0.1, -0.05) is 56.3 Å². The molecule has 2 aliphatic rings. The van der Waals surface area contributed by atoms with Crippen LogP contribution in [0.4, 0.5) is 10.5 Å². The fraction of sp³-hybridized carbons (Fsp3) is 0.348. The van der Waals surface area contributed by atoms with Crippen molar-refractivity contribution in [2.75, 3.05) is 18.4 Å². The first kappa shape index (κ1) is 18.6. The third-order valence-electron chi connectivity index (χ3n) is 5.58. The molecular weight excluding hydrogens is 350 g/mol. The maximum atomic E-state index is 12.6. The third-order valence-corrected chi connectivity index (χ3v) is 5.58. The van der Waals surface area contributed by atoms with Crippen LogP contribution in [-0.2, 0) is 4.84 Å². The van der Waals surface area contributed by atoms with Crippen LogP contribution in [0.3, 0.4) is 0 Å². The van der Waals surface area contributed by atoms with Gasteiger partial charge in [0.25, 0.3) is 0 Å². The maximum Gasteiger partial charge on any atom is 0.321 e. The summed E-state index contributed by atoms with van der Waals surface area (Å²) in [5.41, 5.74) is 6.96. The van der Waals surface area contributed by atoms with E-state index in [9.17, 15) is 4.79 Å². The van der Waals surface area contributed by atoms with Crippen molar-refractivity contribution >= 4 is 17.4 Å². The predicted octanol–water partition coefficient (Wildman–Crippen LogP) is 4.75. The van der Waals surface area contributed by atoms with Crippen molar-refractivity contribution in [1.82, 2.24) is 10.4 Å². The summed E-state index contributed by atoms with van der Waals surface area (Å²) in [6.07, 6.45) is 3.72. The molecule has 1 spiro atoms. The Balaban J connectivity index is 1.35. The normalized spacial score (nSPS) is 18.1. The van der Waals surface area contributed by atoms with E-state index in [1.807, 2.05) is 35.2 Å². The van der Waals surface area contributed by atoms with Crippen LogP contribution in [0.5, 0.6) is 0 Å². The summed E-state index contributed by atoms with van der Waals surface area (Å²) in [5.74, 6) is 0.483. The number of nitrogens with one attached hydrogen (secondary N) is 2. The number of urea groups is 1. The molecule has 5 nitrogen and oxygen atoms in total. The largest absolute Gasteiger partial charge is 0.324 e. The van der Waals surface area contributed by atoms with Crippen LogP contribution in [0.15, 0.2) is 60.7 Å². The Bertz CT molecular complexity index is 851. The van der Waals surface area contributed by atoms with Crippen LogP contribution >= 0.6 is 0 Å². The number of benzene rings is 2. The summed E-state index contributed by atoms with van der Waals surface area (Å²) >= 11 is 0. The van der Waals surface area contributed by atoms with Crippen LogP contribution in [0.2, 0.25) is 0 Å². The molecule has 2 heterocycles. The lowest BCUT2D eigenvalue weighted by atomic mass is 9.90. The minimum atomic E-state index is -0.332. The van der Waals surface area contributed by atoms with Crippen LogP contribution in [0, 0.1) is 0 Å². The second-order valence-corrected chi connectivity index (χ2v) is 7.89. The molecule has 0 aliphatic carbocycles. The lowest BCUT2D eigenvalue weighted by Crippen LogP contribution is -2.48. The number of amides is 2. The highest BCUT2D eigenvalue weighted by Gasteiger charge is 2.39. The van der Waals surface area contributed by atoms with Crippen LogP contribution in [0.1, 0.15) is 43.7 Å². The standard InChI is InChI=1S/C23H27N3O2/c1-17(2)18-8-10-20(11-9-18)24-22(27)26-14-12-23(13-15-26)16-21(25-28-23)19-6-4-3-5-7-19/h3-11,16-17,25H,12-15H2,1-2H3,(H,24,27).